The van der Waals surface area contributed by atoms with E-state index in [1.54, 1.807) is 0 Å². The highest BCUT2D eigenvalue weighted by Gasteiger charge is 2.19. The van der Waals surface area contributed by atoms with Crippen molar-refractivity contribution in [2.24, 2.45) is 0 Å². The van der Waals surface area contributed by atoms with Crippen LogP contribution in [0.1, 0.15) is 30.2 Å². The summed E-state index contributed by atoms with van der Waals surface area (Å²) in [5.74, 6) is -1.38. The van der Waals surface area contributed by atoms with Gasteiger partial charge in [0.15, 0.2) is 6.10 Å². The van der Waals surface area contributed by atoms with E-state index in [1.807, 2.05) is 68.4 Å². The van der Waals surface area contributed by atoms with Crippen molar-refractivity contribution in [3.63, 3.8) is 0 Å². The van der Waals surface area contributed by atoms with E-state index >= 15 is 0 Å². The standard InChI is InChI=1S/C25H27N3O4/c1-16-7-6-8-17(2)24(16)28-22(29)15-26-25(31)18(3)32-23(30)14-13-20-12-11-19-9-4-5-10-21(19)27-20/h4-12,18H,13-15H2,1-3H3,(H,26,31)(H,28,29). The fourth-order valence-corrected chi connectivity index (χ4v) is 3.29. The van der Waals surface area contributed by atoms with Gasteiger partial charge in [0, 0.05) is 23.2 Å². The molecule has 1 atom stereocenters. The first-order chi connectivity index (χ1) is 15.3. The highest BCUT2D eigenvalue weighted by atomic mass is 16.5. The molecule has 2 amide bonds. The van der Waals surface area contributed by atoms with Gasteiger partial charge < -0.3 is 15.4 Å². The molecule has 32 heavy (non-hydrogen) atoms. The molecule has 0 saturated carbocycles. The quantitative estimate of drug-likeness (QED) is 0.530. The maximum absolute atomic E-state index is 12.2. The van der Waals surface area contributed by atoms with Crippen molar-refractivity contribution in [2.45, 2.75) is 39.7 Å². The first-order valence-electron chi connectivity index (χ1n) is 10.5. The van der Waals surface area contributed by atoms with E-state index in [-0.39, 0.29) is 18.9 Å². The molecule has 0 radical (unpaired) electrons. The van der Waals surface area contributed by atoms with E-state index in [9.17, 15) is 14.4 Å². The Morgan fingerprint density at radius 2 is 1.69 bits per heavy atom. The fourth-order valence-electron chi connectivity index (χ4n) is 3.29. The number of ether oxygens (including phenoxy) is 1. The van der Waals surface area contributed by atoms with Crippen molar-refractivity contribution < 1.29 is 19.1 Å². The van der Waals surface area contributed by atoms with Crippen LogP contribution in [-0.4, -0.2) is 35.4 Å². The molecule has 0 spiro atoms. The van der Waals surface area contributed by atoms with Crippen molar-refractivity contribution in [3.05, 3.63) is 71.4 Å². The van der Waals surface area contributed by atoms with Gasteiger partial charge in [-0.1, -0.05) is 42.5 Å². The third kappa shape index (κ3) is 6.14. The van der Waals surface area contributed by atoms with Crippen LogP contribution < -0.4 is 10.6 Å². The summed E-state index contributed by atoms with van der Waals surface area (Å²) in [5, 5.41) is 6.33. The molecule has 1 aromatic heterocycles. The summed E-state index contributed by atoms with van der Waals surface area (Å²) >= 11 is 0. The predicted octanol–water partition coefficient (Wildman–Crippen LogP) is 3.47. The summed E-state index contributed by atoms with van der Waals surface area (Å²) in [5.41, 5.74) is 4.25. The molecular formula is C25H27N3O4. The van der Waals surface area contributed by atoms with E-state index in [2.05, 4.69) is 15.6 Å². The summed E-state index contributed by atoms with van der Waals surface area (Å²) in [6.45, 7) is 5.06. The van der Waals surface area contributed by atoms with Crippen LogP contribution in [0.2, 0.25) is 0 Å². The molecule has 7 nitrogen and oxygen atoms in total. The zero-order chi connectivity index (χ0) is 23.1. The number of amides is 2. The lowest BCUT2D eigenvalue weighted by molar-refractivity contribution is -0.154. The normalized spacial score (nSPS) is 11.6. The number of fused-ring (bicyclic) bond motifs is 1. The number of pyridine rings is 1. The summed E-state index contributed by atoms with van der Waals surface area (Å²) in [4.78, 5) is 41.1. The number of esters is 1. The zero-order valence-electron chi connectivity index (χ0n) is 18.5. The lowest BCUT2D eigenvalue weighted by Crippen LogP contribution is -2.40. The Morgan fingerprint density at radius 3 is 2.44 bits per heavy atom. The molecule has 7 heteroatoms. The Hall–Kier alpha value is -3.74. The Balaban J connectivity index is 1.43. The van der Waals surface area contributed by atoms with Crippen LogP contribution in [0.3, 0.4) is 0 Å². The van der Waals surface area contributed by atoms with E-state index < -0.39 is 18.0 Å². The minimum atomic E-state index is -1.000. The minimum Gasteiger partial charge on any atom is -0.453 e. The van der Waals surface area contributed by atoms with Gasteiger partial charge in [-0.25, -0.2) is 0 Å². The Kier molecular flexibility index (Phi) is 7.54. The Morgan fingerprint density at radius 1 is 0.969 bits per heavy atom. The molecule has 0 bridgehead atoms. The number of anilines is 1. The van der Waals surface area contributed by atoms with E-state index in [4.69, 9.17) is 4.74 Å². The first-order valence-corrected chi connectivity index (χ1v) is 10.5. The second-order valence-electron chi connectivity index (χ2n) is 7.66. The Bertz CT molecular complexity index is 1120. The second kappa shape index (κ2) is 10.5. The zero-order valence-corrected chi connectivity index (χ0v) is 18.5. The minimum absolute atomic E-state index is 0.107. The first kappa shape index (κ1) is 22.9. The SMILES string of the molecule is Cc1cccc(C)c1NC(=O)CNC(=O)C(C)OC(=O)CCc1ccc2ccccc2n1. The number of benzene rings is 2. The van der Waals surface area contributed by atoms with Crippen molar-refractivity contribution in [2.75, 3.05) is 11.9 Å². The van der Waals surface area contributed by atoms with Crippen LogP contribution in [0, 0.1) is 13.8 Å². The van der Waals surface area contributed by atoms with Gasteiger partial charge in [-0.05, 0) is 44.0 Å². The molecular weight excluding hydrogens is 406 g/mol. The van der Waals surface area contributed by atoms with Crippen molar-refractivity contribution >= 4 is 34.4 Å². The molecule has 0 aliphatic heterocycles. The van der Waals surface area contributed by atoms with E-state index in [1.165, 1.54) is 6.92 Å². The maximum Gasteiger partial charge on any atom is 0.306 e. The topological polar surface area (TPSA) is 97.4 Å². The van der Waals surface area contributed by atoms with Crippen LogP contribution in [0.15, 0.2) is 54.6 Å². The van der Waals surface area contributed by atoms with Gasteiger partial charge in [-0.15, -0.1) is 0 Å². The Labute approximate surface area is 187 Å². The summed E-state index contributed by atoms with van der Waals surface area (Å²) in [6.07, 6.45) is -0.480. The van der Waals surface area contributed by atoms with Crippen LogP contribution in [0.5, 0.6) is 0 Å². The molecule has 2 N–H and O–H groups in total. The van der Waals surface area contributed by atoms with Crippen molar-refractivity contribution in [3.8, 4) is 0 Å². The van der Waals surface area contributed by atoms with Crippen LogP contribution in [0.25, 0.3) is 10.9 Å². The van der Waals surface area contributed by atoms with E-state index in [0.29, 0.717) is 6.42 Å². The average molecular weight is 434 g/mol. The number of aryl methyl sites for hydroxylation is 3. The molecule has 0 aliphatic rings. The van der Waals surface area contributed by atoms with Crippen molar-refractivity contribution in [1.29, 1.82) is 0 Å². The molecule has 0 aliphatic carbocycles. The van der Waals surface area contributed by atoms with Gasteiger partial charge in [-0.3, -0.25) is 19.4 Å². The predicted molar refractivity (Wildman–Crippen MR) is 123 cm³/mol. The number of rotatable bonds is 8. The second-order valence-corrected chi connectivity index (χ2v) is 7.66. The number of aromatic nitrogens is 1. The van der Waals surface area contributed by atoms with Crippen LogP contribution >= 0.6 is 0 Å². The molecule has 2 aromatic carbocycles. The average Bonchev–Trinajstić information content (AvgIpc) is 2.78. The number of hydrogen-bond donors (Lipinski definition) is 2. The van der Waals surface area contributed by atoms with Gasteiger partial charge in [0.2, 0.25) is 5.91 Å². The van der Waals surface area contributed by atoms with Gasteiger partial charge in [0.1, 0.15) is 0 Å². The van der Waals surface area contributed by atoms with Crippen LogP contribution in [-0.2, 0) is 25.5 Å². The number of nitrogens with zero attached hydrogens (tertiary/aromatic N) is 1. The summed E-state index contributed by atoms with van der Waals surface area (Å²) in [7, 11) is 0. The third-order valence-corrected chi connectivity index (χ3v) is 5.09. The van der Waals surface area contributed by atoms with Gasteiger partial charge in [-0.2, -0.15) is 0 Å². The molecule has 0 saturated heterocycles. The number of hydrogen-bond acceptors (Lipinski definition) is 5. The molecule has 3 aromatic rings. The van der Waals surface area contributed by atoms with Gasteiger partial charge in [0.05, 0.1) is 18.5 Å². The van der Waals surface area contributed by atoms with Crippen LogP contribution in [0.4, 0.5) is 5.69 Å². The monoisotopic (exact) mass is 433 g/mol. The van der Waals surface area contributed by atoms with Crippen molar-refractivity contribution in [1.82, 2.24) is 10.3 Å². The third-order valence-electron chi connectivity index (χ3n) is 5.09. The lowest BCUT2D eigenvalue weighted by atomic mass is 10.1. The lowest BCUT2D eigenvalue weighted by Gasteiger charge is -2.15. The molecule has 166 valence electrons. The number of para-hydroxylation sites is 2. The summed E-state index contributed by atoms with van der Waals surface area (Å²) < 4.78 is 5.20. The molecule has 3 rings (SSSR count). The van der Waals surface area contributed by atoms with E-state index in [0.717, 1.165) is 33.4 Å². The fraction of sp³-hybridized carbons (Fsp3) is 0.280. The van der Waals surface area contributed by atoms with Gasteiger partial charge in [0.25, 0.3) is 5.91 Å². The highest BCUT2D eigenvalue weighted by Crippen LogP contribution is 2.19. The smallest absolute Gasteiger partial charge is 0.306 e. The van der Waals surface area contributed by atoms with Gasteiger partial charge >= 0.3 is 5.97 Å². The maximum atomic E-state index is 12.2. The number of carbonyl (C=O) groups is 3. The number of nitrogens with one attached hydrogen (secondary N) is 2. The highest BCUT2D eigenvalue weighted by molar-refractivity contribution is 5.96. The number of carbonyl (C=O) groups excluding carboxylic acids is 3. The summed E-state index contributed by atoms with van der Waals surface area (Å²) in [6, 6.07) is 17.3. The molecule has 1 heterocycles. The largest absolute Gasteiger partial charge is 0.453 e. The molecule has 0 fully saturated rings. The molecule has 1 unspecified atom stereocenters.